The lowest BCUT2D eigenvalue weighted by Gasteiger charge is -2.16. The molecule has 0 bridgehead atoms. The molecular formula is C15H14BrNO2. The van der Waals surface area contributed by atoms with E-state index in [-0.39, 0.29) is 0 Å². The Labute approximate surface area is 120 Å². The van der Waals surface area contributed by atoms with Crippen LogP contribution in [0.5, 0.6) is 0 Å². The van der Waals surface area contributed by atoms with E-state index in [2.05, 4.69) is 21.2 Å². The van der Waals surface area contributed by atoms with E-state index in [1.807, 2.05) is 54.6 Å². The Kier molecular flexibility index (Phi) is 4.58. The van der Waals surface area contributed by atoms with E-state index in [1.165, 1.54) is 0 Å². The molecule has 0 saturated heterocycles. The molecule has 0 aliphatic heterocycles. The summed E-state index contributed by atoms with van der Waals surface area (Å²) in [6.07, 6.45) is 0.447. The summed E-state index contributed by atoms with van der Waals surface area (Å²) >= 11 is 3.37. The van der Waals surface area contributed by atoms with Crippen LogP contribution in [0.3, 0.4) is 0 Å². The number of carboxylic acids is 1. The van der Waals surface area contributed by atoms with Crippen molar-refractivity contribution in [1.29, 1.82) is 0 Å². The Morgan fingerprint density at radius 1 is 1.16 bits per heavy atom. The molecule has 1 atom stereocenters. The number of halogens is 1. The summed E-state index contributed by atoms with van der Waals surface area (Å²) < 4.78 is 0.918. The molecule has 3 nitrogen and oxygen atoms in total. The minimum atomic E-state index is -0.858. The van der Waals surface area contributed by atoms with E-state index in [0.717, 1.165) is 15.7 Å². The Morgan fingerprint density at radius 3 is 2.53 bits per heavy atom. The minimum absolute atomic E-state index is 0.447. The van der Waals surface area contributed by atoms with Crippen molar-refractivity contribution in [2.24, 2.45) is 0 Å². The van der Waals surface area contributed by atoms with E-state index in [1.54, 1.807) is 0 Å². The van der Waals surface area contributed by atoms with E-state index in [9.17, 15) is 9.90 Å². The van der Waals surface area contributed by atoms with Gasteiger partial charge in [0.15, 0.2) is 0 Å². The van der Waals surface area contributed by atoms with Crippen molar-refractivity contribution in [3.63, 3.8) is 0 Å². The fraction of sp³-hybridized carbons (Fsp3) is 0.133. The van der Waals surface area contributed by atoms with Gasteiger partial charge in [-0.15, -0.1) is 0 Å². The molecule has 2 rings (SSSR count). The SMILES string of the molecule is O=C(O)[C@H](Cc1ccccc1)Nc1cccc(Br)c1. The lowest BCUT2D eigenvalue weighted by atomic mass is 10.1. The largest absolute Gasteiger partial charge is 0.480 e. The molecule has 0 heterocycles. The van der Waals surface area contributed by atoms with Crippen LogP contribution in [0.25, 0.3) is 0 Å². The highest BCUT2D eigenvalue weighted by atomic mass is 79.9. The molecule has 4 heteroatoms. The summed E-state index contributed by atoms with van der Waals surface area (Å²) in [5.74, 6) is -0.858. The molecule has 0 aliphatic carbocycles. The molecule has 2 aromatic carbocycles. The molecule has 0 saturated carbocycles. The van der Waals surface area contributed by atoms with Crippen molar-refractivity contribution < 1.29 is 9.90 Å². The molecule has 19 heavy (non-hydrogen) atoms. The molecule has 0 amide bonds. The van der Waals surface area contributed by atoms with Crippen LogP contribution >= 0.6 is 15.9 Å². The summed E-state index contributed by atoms with van der Waals surface area (Å²) in [5, 5.41) is 12.3. The Bertz CT molecular complexity index is 557. The molecule has 0 aromatic heterocycles. The molecule has 0 radical (unpaired) electrons. The monoisotopic (exact) mass is 319 g/mol. The fourth-order valence-electron chi connectivity index (χ4n) is 1.83. The Balaban J connectivity index is 2.11. The second kappa shape index (κ2) is 6.38. The predicted octanol–water partition coefficient (Wildman–Crippen LogP) is 3.56. The van der Waals surface area contributed by atoms with Gasteiger partial charge < -0.3 is 10.4 Å². The van der Waals surface area contributed by atoms with Crippen molar-refractivity contribution in [1.82, 2.24) is 0 Å². The van der Waals surface area contributed by atoms with Gasteiger partial charge in [0.05, 0.1) is 0 Å². The first-order chi connectivity index (χ1) is 9.15. The number of benzene rings is 2. The van der Waals surface area contributed by atoms with Crippen LogP contribution in [0.2, 0.25) is 0 Å². The van der Waals surface area contributed by atoms with E-state index in [0.29, 0.717) is 6.42 Å². The van der Waals surface area contributed by atoms with Crippen molar-refractivity contribution in [3.05, 3.63) is 64.6 Å². The van der Waals surface area contributed by atoms with Gasteiger partial charge >= 0.3 is 5.97 Å². The standard InChI is InChI=1S/C15H14BrNO2/c16-12-7-4-8-13(10-12)17-14(15(18)19)9-11-5-2-1-3-6-11/h1-8,10,14,17H,9H2,(H,18,19)/t14-/m0/s1. The van der Waals surface area contributed by atoms with Gasteiger partial charge in [0.2, 0.25) is 0 Å². The summed E-state index contributed by atoms with van der Waals surface area (Å²) in [5.41, 5.74) is 1.79. The first kappa shape index (κ1) is 13.6. The topological polar surface area (TPSA) is 49.3 Å². The second-order valence-corrected chi connectivity index (χ2v) is 5.15. The number of hydrogen-bond donors (Lipinski definition) is 2. The molecule has 98 valence electrons. The van der Waals surface area contributed by atoms with Crippen LogP contribution in [-0.4, -0.2) is 17.1 Å². The third-order valence-electron chi connectivity index (χ3n) is 2.75. The summed E-state index contributed by atoms with van der Waals surface area (Å²) in [4.78, 5) is 11.3. The van der Waals surface area contributed by atoms with Crippen LogP contribution in [0.15, 0.2) is 59.1 Å². The van der Waals surface area contributed by atoms with Crippen molar-refractivity contribution >= 4 is 27.6 Å². The maximum atomic E-state index is 11.3. The molecule has 0 fully saturated rings. The highest BCUT2D eigenvalue weighted by Crippen LogP contribution is 2.17. The summed E-state index contributed by atoms with van der Waals surface area (Å²) in [6, 6.07) is 16.4. The number of carbonyl (C=O) groups is 1. The summed E-state index contributed by atoms with van der Waals surface area (Å²) in [7, 11) is 0. The Hall–Kier alpha value is -1.81. The maximum Gasteiger partial charge on any atom is 0.326 e. The van der Waals surface area contributed by atoms with Crippen molar-refractivity contribution in [2.45, 2.75) is 12.5 Å². The highest BCUT2D eigenvalue weighted by Gasteiger charge is 2.17. The third-order valence-corrected chi connectivity index (χ3v) is 3.24. The van der Waals surface area contributed by atoms with Gasteiger partial charge in [-0.25, -0.2) is 4.79 Å². The van der Waals surface area contributed by atoms with Gasteiger partial charge in [-0.3, -0.25) is 0 Å². The average molecular weight is 320 g/mol. The zero-order valence-electron chi connectivity index (χ0n) is 10.2. The third kappa shape index (κ3) is 4.10. The number of hydrogen-bond acceptors (Lipinski definition) is 2. The number of rotatable bonds is 5. The molecule has 0 unspecified atom stereocenters. The molecular weight excluding hydrogens is 306 g/mol. The van der Waals surface area contributed by atoms with Crippen LogP contribution in [0, 0.1) is 0 Å². The van der Waals surface area contributed by atoms with Gasteiger partial charge in [0.1, 0.15) is 6.04 Å². The first-order valence-electron chi connectivity index (χ1n) is 5.94. The number of nitrogens with one attached hydrogen (secondary N) is 1. The first-order valence-corrected chi connectivity index (χ1v) is 6.73. The number of anilines is 1. The molecule has 0 spiro atoms. The second-order valence-electron chi connectivity index (χ2n) is 4.24. The van der Waals surface area contributed by atoms with E-state index in [4.69, 9.17) is 0 Å². The number of aliphatic carboxylic acids is 1. The van der Waals surface area contributed by atoms with Crippen molar-refractivity contribution in [3.8, 4) is 0 Å². The maximum absolute atomic E-state index is 11.3. The zero-order chi connectivity index (χ0) is 13.7. The van der Waals surface area contributed by atoms with Crippen molar-refractivity contribution in [2.75, 3.05) is 5.32 Å². The fourth-order valence-corrected chi connectivity index (χ4v) is 2.23. The predicted molar refractivity (Wildman–Crippen MR) is 79.3 cm³/mol. The van der Waals surface area contributed by atoms with Crippen LogP contribution in [0.1, 0.15) is 5.56 Å². The average Bonchev–Trinajstić information content (AvgIpc) is 2.39. The van der Waals surface area contributed by atoms with Crippen LogP contribution in [0.4, 0.5) is 5.69 Å². The van der Waals surface area contributed by atoms with E-state index < -0.39 is 12.0 Å². The van der Waals surface area contributed by atoms with Gasteiger partial charge in [0, 0.05) is 16.6 Å². The van der Waals surface area contributed by atoms with Gasteiger partial charge in [-0.05, 0) is 23.8 Å². The normalized spacial score (nSPS) is 11.8. The summed E-state index contributed by atoms with van der Waals surface area (Å²) in [6.45, 7) is 0. The number of carboxylic acid groups (broad SMARTS) is 1. The smallest absolute Gasteiger partial charge is 0.326 e. The lowest BCUT2D eigenvalue weighted by Crippen LogP contribution is -2.31. The highest BCUT2D eigenvalue weighted by molar-refractivity contribution is 9.10. The van der Waals surface area contributed by atoms with Crippen LogP contribution in [-0.2, 0) is 11.2 Å². The molecule has 0 aliphatic rings. The quantitative estimate of drug-likeness (QED) is 0.886. The van der Waals surface area contributed by atoms with Gasteiger partial charge in [0.25, 0.3) is 0 Å². The van der Waals surface area contributed by atoms with E-state index >= 15 is 0 Å². The Morgan fingerprint density at radius 2 is 1.89 bits per heavy atom. The molecule has 2 aromatic rings. The van der Waals surface area contributed by atoms with Gasteiger partial charge in [-0.1, -0.05) is 52.3 Å². The molecule has 2 N–H and O–H groups in total. The minimum Gasteiger partial charge on any atom is -0.480 e. The van der Waals surface area contributed by atoms with Gasteiger partial charge in [-0.2, -0.15) is 0 Å². The lowest BCUT2D eigenvalue weighted by molar-refractivity contribution is -0.137. The van der Waals surface area contributed by atoms with Crippen LogP contribution < -0.4 is 5.32 Å². The zero-order valence-corrected chi connectivity index (χ0v) is 11.8.